The molecule has 0 aliphatic heterocycles. The van der Waals surface area contributed by atoms with E-state index in [0.29, 0.717) is 17.8 Å². The lowest BCUT2D eigenvalue weighted by atomic mass is 10.1. The molecule has 0 fully saturated rings. The van der Waals surface area contributed by atoms with Gasteiger partial charge in [0, 0.05) is 24.3 Å². The third-order valence-corrected chi connectivity index (χ3v) is 4.14. The fraction of sp³-hybridized carbons (Fsp3) is 0.333. The summed E-state index contributed by atoms with van der Waals surface area (Å²) in [7, 11) is 3.94. The van der Waals surface area contributed by atoms with Gasteiger partial charge in [0.2, 0.25) is 0 Å². The highest BCUT2D eigenvalue weighted by molar-refractivity contribution is 5.97. The summed E-state index contributed by atoms with van der Waals surface area (Å²) in [5.41, 5.74) is 3.09. The SMILES string of the molecule is Cc1ccc(C(=O)NCC(F)(F)F)cc1NC(=O)NCc1cccc(CN(C)C)c1. The highest BCUT2D eigenvalue weighted by Gasteiger charge is 2.28. The molecule has 0 aliphatic carbocycles. The first-order valence-electron chi connectivity index (χ1n) is 9.26. The number of amides is 3. The maximum atomic E-state index is 12.3. The molecule has 30 heavy (non-hydrogen) atoms. The summed E-state index contributed by atoms with van der Waals surface area (Å²) < 4.78 is 36.8. The van der Waals surface area contributed by atoms with Crippen molar-refractivity contribution in [2.45, 2.75) is 26.2 Å². The molecule has 0 atom stereocenters. The van der Waals surface area contributed by atoms with Gasteiger partial charge >= 0.3 is 12.2 Å². The van der Waals surface area contributed by atoms with Gasteiger partial charge in [-0.1, -0.05) is 30.3 Å². The lowest BCUT2D eigenvalue weighted by molar-refractivity contribution is -0.123. The molecule has 9 heteroatoms. The average molecular weight is 422 g/mol. The van der Waals surface area contributed by atoms with Crippen molar-refractivity contribution in [2.75, 3.05) is 26.0 Å². The lowest BCUT2D eigenvalue weighted by Gasteiger charge is -2.13. The first-order chi connectivity index (χ1) is 14.0. The van der Waals surface area contributed by atoms with Crippen molar-refractivity contribution in [3.8, 4) is 0 Å². The van der Waals surface area contributed by atoms with Crippen LogP contribution in [-0.2, 0) is 13.1 Å². The molecule has 2 rings (SSSR count). The van der Waals surface area contributed by atoms with E-state index in [1.165, 1.54) is 12.1 Å². The van der Waals surface area contributed by atoms with Gasteiger partial charge in [0.25, 0.3) is 5.91 Å². The molecule has 162 valence electrons. The van der Waals surface area contributed by atoms with Gasteiger partial charge in [-0.2, -0.15) is 13.2 Å². The largest absolute Gasteiger partial charge is 0.405 e. The predicted octanol–water partition coefficient (Wildman–Crippen LogP) is 3.67. The van der Waals surface area contributed by atoms with Crippen LogP contribution in [0.3, 0.4) is 0 Å². The van der Waals surface area contributed by atoms with Crippen LogP contribution in [0.4, 0.5) is 23.7 Å². The fourth-order valence-corrected chi connectivity index (χ4v) is 2.73. The van der Waals surface area contributed by atoms with Crippen LogP contribution >= 0.6 is 0 Å². The van der Waals surface area contributed by atoms with E-state index in [0.717, 1.165) is 17.7 Å². The maximum Gasteiger partial charge on any atom is 0.405 e. The molecule has 0 heterocycles. The minimum atomic E-state index is -4.49. The molecular weight excluding hydrogens is 397 g/mol. The van der Waals surface area contributed by atoms with Crippen LogP contribution in [0.25, 0.3) is 0 Å². The van der Waals surface area contributed by atoms with Crippen molar-refractivity contribution in [1.29, 1.82) is 0 Å². The zero-order chi connectivity index (χ0) is 22.3. The topological polar surface area (TPSA) is 73.5 Å². The summed E-state index contributed by atoms with van der Waals surface area (Å²) in [6.07, 6.45) is -4.49. The maximum absolute atomic E-state index is 12.3. The van der Waals surface area contributed by atoms with Gasteiger partial charge in [-0.25, -0.2) is 4.79 Å². The molecule has 0 aliphatic rings. The zero-order valence-electron chi connectivity index (χ0n) is 17.1. The quantitative estimate of drug-likeness (QED) is 0.638. The molecule has 0 saturated carbocycles. The molecule has 0 saturated heterocycles. The number of nitrogens with zero attached hydrogens (tertiary/aromatic N) is 1. The summed E-state index contributed by atoms with van der Waals surface area (Å²) >= 11 is 0. The van der Waals surface area contributed by atoms with Gasteiger partial charge in [-0.15, -0.1) is 0 Å². The Kier molecular flexibility index (Phi) is 7.82. The number of benzene rings is 2. The summed E-state index contributed by atoms with van der Waals surface area (Å²) in [6, 6.07) is 11.6. The Balaban J connectivity index is 1.97. The van der Waals surface area contributed by atoms with Crippen LogP contribution in [0.1, 0.15) is 27.0 Å². The molecule has 3 amide bonds. The van der Waals surface area contributed by atoms with E-state index < -0.39 is 24.7 Å². The highest BCUT2D eigenvalue weighted by Crippen LogP contribution is 2.18. The van der Waals surface area contributed by atoms with E-state index in [-0.39, 0.29) is 5.56 Å². The highest BCUT2D eigenvalue weighted by atomic mass is 19.4. The fourth-order valence-electron chi connectivity index (χ4n) is 2.73. The monoisotopic (exact) mass is 422 g/mol. The number of alkyl halides is 3. The Morgan fingerprint density at radius 1 is 1.00 bits per heavy atom. The van der Waals surface area contributed by atoms with E-state index in [2.05, 4.69) is 10.6 Å². The predicted molar refractivity (Wildman–Crippen MR) is 109 cm³/mol. The second-order valence-electron chi connectivity index (χ2n) is 7.19. The van der Waals surface area contributed by atoms with E-state index in [1.54, 1.807) is 13.0 Å². The number of urea groups is 1. The minimum Gasteiger partial charge on any atom is -0.343 e. The van der Waals surface area contributed by atoms with Crippen LogP contribution in [0.5, 0.6) is 0 Å². The van der Waals surface area contributed by atoms with Crippen molar-refractivity contribution in [3.63, 3.8) is 0 Å². The number of halogens is 3. The normalized spacial score (nSPS) is 11.3. The molecule has 2 aromatic carbocycles. The van der Waals surface area contributed by atoms with Crippen LogP contribution in [0, 0.1) is 6.92 Å². The number of hydrogen-bond donors (Lipinski definition) is 3. The summed E-state index contributed by atoms with van der Waals surface area (Å²) in [5, 5.41) is 7.18. The van der Waals surface area contributed by atoms with Crippen LogP contribution in [0.2, 0.25) is 0 Å². The van der Waals surface area contributed by atoms with E-state index in [1.807, 2.05) is 48.6 Å². The van der Waals surface area contributed by atoms with Crippen LogP contribution in [-0.4, -0.2) is 43.7 Å². The molecule has 2 aromatic rings. The van der Waals surface area contributed by atoms with E-state index in [4.69, 9.17) is 0 Å². The first-order valence-corrected chi connectivity index (χ1v) is 9.26. The van der Waals surface area contributed by atoms with Gasteiger partial charge in [0.15, 0.2) is 0 Å². The number of carbonyl (C=O) groups is 2. The first kappa shape index (κ1) is 23.2. The number of rotatable bonds is 7. The Morgan fingerprint density at radius 2 is 1.70 bits per heavy atom. The number of carbonyl (C=O) groups excluding carboxylic acids is 2. The standard InChI is InChI=1S/C21H25F3N4O2/c1-14-7-8-17(19(29)26-13-21(22,23)24)10-18(14)27-20(30)25-11-15-5-4-6-16(9-15)12-28(2)3/h4-10H,11-13H2,1-3H3,(H,26,29)(H2,25,27,30). The summed E-state index contributed by atoms with van der Waals surface area (Å²) in [4.78, 5) is 26.2. The molecule has 0 unspecified atom stereocenters. The Labute approximate surface area is 173 Å². The van der Waals surface area contributed by atoms with E-state index in [9.17, 15) is 22.8 Å². The smallest absolute Gasteiger partial charge is 0.343 e. The molecule has 3 N–H and O–H groups in total. The summed E-state index contributed by atoms with van der Waals surface area (Å²) in [6.45, 7) is 1.38. The Hall–Kier alpha value is -3.07. The molecule has 6 nitrogen and oxygen atoms in total. The van der Waals surface area contributed by atoms with Gasteiger partial charge in [0.1, 0.15) is 6.54 Å². The van der Waals surface area contributed by atoms with E-state index >= 15 is 0 Å². The molecule has 0 radical (unpaired) electrons. The Morgan fingerprint density at radius 3 is 2.37 bits per heavy atom. The van der Waals surface area contributed by atoms with Gasteiger partial charge in [0.05, 0.1) is 0 Å². The second-order valence-corrected chi connectivity index (χ2v) is 7.19. The van der Waals surface area contributed by atoms with Gasteiger partial charge in [-0.05, 0) is 49.8 Å². The number of anilines is 1. The minimum absolute atomic E-state index is 0.0246. The zero-order valence-corrected chi connectivity index (χ0v) is 17.1. The van der Waals surface area contributed by atoms with Crippen LogP contribution < -0.4 is 16.0 Å². The Bertz CT molecular complexity index is 898. The molecule has 0 bridgehead atoms. The van der Waals surface area contributed by atoms with Gasteiger partial charge < -0.3 is 20.9 Å². The summed E-state index contributed by atoms with van der Waals surface area (Å²) in [5.74, 6) is -0.867. The molecule has 0 aromatic heterocycles. The van der Waals surface area contributed by atoms with Crippen molar-refractivity contribution < 1.29 is 22.8 Å². The van der Waals surface area contributed by atoms with Crippen LogP contribution in [0.15, 0.2) is 42.5 Å². The van der Waals surface area contributed by atoms with Crippen molar-refractivity contribution >= 4 is 17.6 Å². The molecular formula is C21H25F3N4O2. The third-order valence-electron chi connectivity index (χ3n) is 4.14. The average Bonchev–Trinajstić information content (AvgIpc) is 2.65. The van der Waals surface area contributed by atoms with Crippen molar-refractivity contribution in [3.05, 3.63) is 64.7 Å². The number of aryl methyl sites for hydroxylation is 1. The second kappa shape index (κ2) is 10.1. The van der Waals surface area contributed by atoms with Gasteiger partial charge in [-0.3, -0.25) is 4.79 Å². The van der Waals surface area contributed by atoms with Crippen molar-refractivity contribution in [2.24, 2.45) is 0 Å². The van der Waals surface area contributed by atoms with Crippen molar-refractivity contribution in [1.82, 2.24) is 15.5 Å². The number of nitrogens with one attached hydrogen (secondary N) is 3. The third kappa shape index (κ3) is 7.75. The lowest BCUT2D eigenvalue weighted by Crippen LogP contribution is -2.34. The number of hydrogen-bond acceptors (Lipinski definition) is 3. The molecule has 0 spiro atoms.